The molecule has 5 aromatic rings. The highest BCUT2D eigenvalue weighted by Gasteiger charge is 2.11. The van der Waals surface area contributed by atoms with E-state index in [2.05, 4.69) is 9.97 Å². The zero-order chi connectivity index (χ0) is 18.8. The van der Waals surface area contributed by atoms with Gasteiger partial charge >= 0.3 is 0 Å². The predicted octanol–water partition coefficient (Wildman–Crippen LogP) is 6.33. The minimum atomic E-state index is 0.615. The summed E-state index contributed by atoms with van der Waals surface area (Å²) in [4.78, 5) is 9.19. The third-order valence-electron chi connectivity index (χ3n) is 4.53. The summed E-state index contributed by atoms with van der Waals surface area (Å²) in [5.41, 5.74) is 5.50. The summed E-state index contributed by atoms with van der Waals surface area (Å²) < 4.78 is 11.3. The Morgan fingerprint density at radius 3 is 1.21 bits per heavy atom. The lowest BCUT2D eigenvalue weighted by Crippen LogP contribution is -1.82. The lowest BCUT2D eigenvalue weighted by molar-refractivity contribution is 0.574. The third-order valence-corrected chi connectivity index (χ3v) is 4.53. The van der Waals surface area contributed by atoms with Crippen molar-refractivity contribution in [1.82, 2.24) is 9.97 Å². The maximum atomic E-state index is 5.63. The molecule has 0 unspecified atom stereocenters. The summed E-state index contributed by atoms with van der Waals surface area (Å²) in [5, 5.41) is 0. The first-order valence-electron chi connectivity index (χ1n) is 8.99. The summed E-state index contributed by atoms with van der Waals surface area (Å²) in [7, 11) is 0. The van der Waals surface area contributed by atoms with Gasteiger partial charge in [-0.2, -0.15) is 0 Å². The third kappa shape index (κ3) is 3.12. The van der Waals surface area contributed by atoms with Gasteiger partial charge in [0.15, 0.2) is 0 Å². The fraction of sp³-hybridized carbons (Fsp3) is 0. The highest BCUT2D eigenvalue weighted by Crippen LogP contribution is 2.28. The molecule has 3 aromatic carbocycles. The molecule has 0 saturated carbocycles. The predicted molar refractivity (Wildman–Crippen MR) is 108 cm³/mol. The molecule has 4 nitrogen and oxygen atoms in total. The van der Waals surface area contributed by atoms with Crippen molar-refractivity contribution in [2.45, 2.75) is 0 Å². The highest BCUT2D eigenvalue weighted by molar-refractivity contribution is 5.68. The van der Waals surface area contributed by atoms with Crippen LogP contribution in [0.25, 0.3) is 45.4 Å². The lowest BCUT2D eigenvalue weighted by atomic mass is 10.1. The van der Waals surface area contributed by atoms with Crippen LogP contribution in [0.4, 0.5) is 0 Å². The molecule has 0 spiro atoms. The minimum Gasteiger partial charge on any atom is -0.444 e. The maximum Gasteiger partial charge on any atom is 0.226 e. The van der Waals surface area contributed by atoms with E-state index in [0.717, 1.165) is 33.6 Å². The Labute approximate surface area is 162 Å². The molecule has 134 valence electrons. The summed E-state index contributed by atoms with van der Waals surface area (Å²) >= 11 is 0. The minimum absolute atomic E-state index is 0.615. The van der Waals surface area contributed by atoms with Crippen molar-refractivity contribution in [2.24, 2.45) is 0 Å². The Balaban J connectivity index is 1.40. The maximum absolute atomic E-state index is 5.63. The van der Waals surface area contributed by atoms with Crippen molar-refractivity contribution in [3.63, 3.8) is 0 Å². The van der Waals surface area contributed by atoms with Crippen LogP contribution in [0.1, 0.15) is 0 Å². The van der Waals surface area contributed by atoms with E-state index in [0.29, 0.717) is 11.8 Å². The van der Waals surface area contributed by atoms with Gasteiger partial charge in [-0.1, -0.05) is 60.7 Å². The number of hydrogen-bond acceptors (Lipinski definition) is 4. The van der Waals surface area contributed by atoms with Gasteiger partial charge in [0.25, 0.3) is 0 Å². The molecule has 0 aliphatic rings. The smallest absolute Gasteiger partial charge is 0.226 e. The normalized spacial score (nSPS) is 10.9. The molecule has 0 bridgehead atoms. The second kappa shape index (κ2) is 7.00. The average Bonchev–Trinajstić information content (AvgIpc) is 3.46. The first-order chi connectivity index (χ1) is 13.9. The van der Waals surface area contributed by atoms with Gasteiger partial charge in [0.2, 0.25) is 11.8 Å². The number of rotatable bonds is 4. The fourth-order valence-electron chi connectivity index (χ4n) is 3.05. The Hall–Kier alpha value is -3.92. The number of nitrogens with zero attached hydrogens (tertiary/aromatic N) is 2. The molecular weight excluding hydrogens is 348 g/mol. The molecule has 0 N–H and O–H groups in total. The Morgan fingerprint density at radius 2 is 0.821 bits per heavy atom. The summed E-state index contributed by atoms with van der Waals surface area (Å²) in [6.45, 7) is 0. The standard InChI is InChI=1S/C24H16N2O2/c1-3-7-19(8-4-1)23-25-21(15-27-23)17-11-13-18(14-12-17)22-16-28-24(26-22)20-9-5-2-6-10-20/h1-16H. The van der Waals surface area contributed by atoms with Gasteiger partial charge in [-0.05, 0) is 24.3 Å². The van der Waals surface area contributed by atoms with Crippen LogP contribution in [0.15, 0.2) is 106 Å². The van der Waals surface area contributed by atoms with Crippen molar-refractivity contribution in [2.75, 3.05) is 0 Å². The second-order valence-corrected chi connectivity index (χ2v) is 6.39. The topological polar surface area (TPSA) is 52.1 Å². The Bertz CT molecular complexity index is 1090. The molecule has 0 fully saturated rings. The molecule has 0 saturated heterocycles. The van der Waals surface area contributed by atoms with Crippen LogP contribution in [0, 0.1) is 0 Å². The van der Waals surface area contributed by atoms with Crippen LogP contribution >= 0.6 is 0 Å². The molecule has 4 heteroatoms. The molecule has 5 rings (SSSR count). The number of hydrogen-bond donors (Lipinski definition) is 0. The van der Waals surface area contributed by atoms with E-state index in [1.54, 1.807) is 12.5 Å². The summed E-state index contributed by atoms with van der Waals surface area (Å²) in [5.74, 6) is 1.23. The molecular formula is C24H16N2O2. The van der Waals surface area contributed by atoms with Crippen molar-refractivity contribution >= 4 is 0 Å². The molecule has 0 radical (unpaired) electrons. The molecule has 28 heavy (non-hydrogen) atoms. The van der Waals surface area contributed by atoms with Crippen molar-refractivity contribution in [3.05, 3.63) is 97.5 Å². The molecule has 2 heterocycles. The van der Waals surface area contributed by atoms with E-state index >= 15 is 0 Å². The summed E-state index contributed by atoms with van der Waals surface area (Å²) in [6, 6.07) is 27.8. The van der Waals surface area contributed by atoms with E-state index in [-0.39, 0.29) is 0 Å². The van der Waals surface area contributed by atoms with Crippen molar-refractivity contribution in [3.8, 4) is 45.4 Å². The average molecular weight is 364 g/mol. The van der Waals surface area contributed by atoms with Crippen molar-refractivity contribution < 1.29 is 8.83 Å². The number of aromatic nitrogens is 2. The molecule has 0 aliphatic heterocycles. The van der Waals surface area contributed by atoms with E-state index in [4.69, 9.17) is 8.83 Å². The first-order valence-corrected chi connectivity index (χ1v) is 8.99. The Kier molecular flexibility index (Phi) is 4.07. The van der Waals surface area contributed by atoms with Crippen LogP contribution in [-0.2, 0) is 0 Å². The van der Waals surface area contributed by atoms with E-state index in [9.17, 15) is 0 Å². The van der Waals surface area contributed by atoms with Gasteiger partial charge in [0.1, 0.15) is 23.9 Å². The zero-order valence-electron chi connectivity index (χ0n) is 14.9. The molecule has 0 aliphatic carbocycles. The van der Waals surface area contributed by atoms with Crippen LogP contribution in [0.2, 0.25) is 0 Å². The summed E-state index contributed by atoms with van der Waals surface area (Å²) in [6.07, 6.45) is 3.36. The van der Waals surface area contributed by atoms with Gasteiger partial charge in [0, 0.05) is 22.3 Å². The van der Waals surface area contributed by atoms with E-state index < -0.39 is 0 Å². The lowest BCUT2D eigenvalue weighted by Gasteiger charge is -1.99. The van der Waals surface area contributed by atoms with Gasteiger partial charge in [0.05, 0.1) is 0 Å². The zero-order valence-corrected chi connectivity index (χ0v) is 14.9. The van der Waals surface area contributed by atoms with Crippen LogP contribution in [-0.4, -0.2) is 9.97 Å². The second-order valence-electron chi connectivity index (χ2n) is 6.39. The van der Waals surface area contributed by atoms with Gasteiger partial charge in [-0.15, -0.1) is 0 Å². The van der Waals surface area contributed by atoms with Gasteiger partial charge < -0.3 is 8.83 Å². The Morgan fingerprint density at radius 1 is 0.429 bits per heavy atom. The van der Waals surface area contributed by atoms with Crippen LogP contribution in [0.3, 0.4) is 0 Å². The number of benzene rings is 3. The molecule has 0 amide bonds. The van der Waals surface area contributed by atoms with E-state index in [1.807, 2.05) is 84.9 Å². The number of oxazole rings is 2. The van der Waals surface area contributed by atoms with E-state index in [1.165, 1.54) is 0 Å². The monoisotopic (exact) mass is 364 g/mol. The van der Waals surface area contributed by atoms with Crippen molar-refractivity contribution in [1.29, 1.82) is 0 Å². The molecule has 2 aromatic heterocycles. The largest absolute Gasteiger partial charge is 0.444 e. The quantitative estimate of drug-likeness (QED) is 0.374. The fourth-order valence-corrected chi connectivity index (χ4v) is 3.05. The van der Waals surface area contributed by atoms with Gasteiger partial charge in [-0.25, -0.2) is 9.97 Å². The molecule has 0 atom stereocenters. The first kappa shape index (κ1) is 16.3. The SMILES string of the molecule is c1ccc(-c2nc(-c3ccc(-c4coc(-c5ccccc5)n4)cc3)co2)cc1. The van der Waals surface area contributed by atoms with Gasteiger partial charge in [-0.3, -0.25) is 0 Å². The van der Waals surface area contributed by atoms with Crippen LogP contribution < -0.4 is 0 Å². The highest BCUT2D eigenvalue weighted by atomic mass is 16.3. The van der Waals surface area contributed by atoms with Crippen LogP contribution in [0.5, 0.6) is 0 Å².